The van der Waals surface area contributed by atoms with E-state index in [1.54, 1.807) is 4.68 Å². The molecule has 0 aliphatic carbocycles. The number of ether oxygens (including phenoxy) is 1. The second-order valence-electron chi connectivity index (χ2n) is 8.48. The van der Waals surface area contributed by atoms with Crippen LogP contribution in [0, 0.1) is 5.92 Å². The topological polar surface area (TPSA) is 81.1 Å². The first-order valence-corrected chi connectivity index (χ1v) is 11.1. The van der Waals surface area contributed by atoms with Gasteiger partial charge in [0.05, 0.1) is 24.6 Å². The van der Waals surface area contributed by atoms with Crippen LogP contribution in [-0.2, 0) is 23.0 Å². The third-order valence-electron chi connectivity index (χ3n) is 5.70. The first kappa shape index (κ1) is 21.5. The summed E-state index contributed by atoms with van der Waals surface area (Å²) in [4.78, 5) is 17.6. The largest absolute Gasteiger partial charge is 0.378 e. The number of amides is 1. The number of hydrogen-bond donors (Lipinski definition) is 2. The van der Waals surface area contributed by atoms with Crippen molar-refractivity contribution < 1.29 is 9.53 Å². The maximum atomic E-state index is 12.8. The summed E-state index contributed by atoms with van der Waals surface area (Å²) in [6, 6.07) is 8.32. The van der Waals surface area contributed by atoms with Crippen LogP contribution in [0.15, 0.2) is 36.7 Å². The summed E-state index contributed by atoms with van der Waals surface area (Å²) in [5.41, 5.74) is 3.09. The number of benzene rings is 1. The van der Waals surface area contributed by atoms with Gasteiger partial charge in [0, 0.05) is 36.5 Å². The molecular weight excluding hydrogens is 390 g/mol. The fourth-order valence-corrected chi connectivity index (χ4v) is 4.04. The molecule has 7 heteroatoms. The fourth-order valence-electron chi connectivity index (χ4n) is 4.04. The van der Waals surface area contributed by atoms with E-state index in [2.05, 4.69) is 33.9 Å². The lowest BCUT2D eigenvalue weighted by molar-refractivity contribution is -0.120. The second kappa shape index (κ2) is 9.58. The van der Waals surface area contributed by atoms with Gasteiger partial charge in [-0.15, -0.1) is 0 Å². The van der Waals surface area contributed by atoms with Crippen LogP contribution in [0.25, 0.3) is 21.9 Å². The summed E-state index contributed by atoms with van der Waals surface area (Å²) < 4.78 is 7.56. The summed E-state index contributed by atoms with van der Waals surface area (Å²) in [5.74, 6) is 0.702. The van der Waals surface area contributed by atoms with Crippen molar-refractivity contribution in [3.63, 3.8) is 0 Å². The minimum absolute atomic E-state index is 0.0354. The molecule has 1 aromatic carbocycles. The third kappa shape index (κ3) is 5.29. The smallest absolute Gasteiger partial charge is 0.228 e. The molecule has 1 aliphatic heterocycles. The number of nitrogens with one attached hydrogen (secondary N) is 2. The van der Waals surface area contributed by atoms with Gasteiger partial charge in [-0.05, 0) is 62.9 Å². The van der Waals surface area contributed by atoms with Crippen LogP contribution in [0.1, 0.15) is 32.4 Å². The SMILES string of the molecule is CC(C)OCCc1nc(NC(=O)C2CCNCC2)cc2cc(-c3cnn(C)c3)ccc12. The van der Waals surface area contributed by atoms with Crippen LogP contribution in [0.4, 0.5) is 5.82 Å². The van der Waals surface area contributed by atoms with Crippen molar-refractivity contribution in [2.24, 2.45) is 13.0 Å². The average Bonchev–Trinajstić information content (AvgIpc) is 3.20. The van der Waals surface area contributed by atoms with Crippen molar-refractivity contribution in [2.75, 3.05) is 25.0 Å². The monoisotopic (exact) mass is 421 g/mol. The predicted octanol–water partition coefficient (Wildman–Crippen LogP) is 3.54. The van der Waals surface area contributed by atoms with Crippen LogP contribution in [0.2, 0.25) is 0 Å². The molecule has 4 rings (SSSR count). The van der Waals surface area contributed by atoms with E-state index in [1.807, 2.05) is 39.4 Å². The molecule has 1 fully saturated rings. The van der Waals surface area contributed by atoms with Gasteiger partial charge in [0.15, 0.2) is 0 Å². The molecule has 2 aromatic heterocycles. The molecule has 1 amide bonds. The first-order chi connectivity index (χ1) is 15.0. The Bertz CT molecular complexity index is 1050. The number of piperidine rings is 1. The molecule has 0 bridgehead atoms. The van der Waals surface area contributed by atoms with Gasteiger partial charge < -0.3 is 15.4 Å². The van der Waals surface area contributed by atoms with E-state index in [9.17, 15) is 4.79 Å². The summed E-state index contributed by atoms with van der Waals surface area (Å²) in [6.07, 6.45) is 6.45. The summed E-state index contributed by atoms with van der Waals surface area (Å²) in [7, 11) is 1.91. The molecule has 3 aromatic rings. The first-order valence-electron chi connectivity index (χ1n) is 11.1. The Morgan fingerprint density at radius 1 is 1.26 bits per heavy atom. The number of pyridine rings is 1. The zero-order valence-corrected chi connectivity index (χ0v) is 18.5. The Balaban J connectivity index is 1.65. The molecule has 0 unspecified atom stereocenters. The van der Waals surface area contributed by atoms with Crippen molar-refractivity contribution in [3.05, 3.63) is 42.4 Å². The van der Waals surface area contributed by atoms with Gasteiger partial charge in [-0.3, -0.25) is 9.48 Å². The maximum absolute atomic E-state index is 12.8. The van der Waals surface area contributed by atoms with E-state index < -0.39 is 0 Å². The van der Waals surface area contributed by atoms with Crippen molar-refractivity contribution in [1.29, 1.82) is 0 Å². The molecule has 0 spiro atoms. The Kier molecular flexibility index (Phi) is 6.63. The highest BCUT2D eigenvalue weighted by molar-refractivity contribution is 5.96. The van der Waals surface area contributed by atoms with Gasteiger partial charge in [-0.2, -0.15) is 5.10 Å². The van der Waals surface area contributed by atoms with Crippen molar-refractivity contribution in [2.45, 2.75) is 39.2 Å². The van der Waals surface area contributed by atoms with Crippen LogP contribution < -0.4 is 10.6 Å². The minimum atomic E-state index is 0.0354. The molecule has 3 heterocycles. The summed E-state index contributed by atoms with van der Waals surface area (Å²) in [6.45, 7) is 6.42. The van der Waals surface area contributed by atoms with Gasteiger partial charge in [-0.1, -0.05) is 12.1 Å². The molecule has 31 heavy (non-hydrogen) atoms. The highest BCUT2D eigenvalue weighted by Gasteiger charge is 2.21. The minimum Gasteiger partial charge on any atom is -0.378 e. The summed E-state index contributed by atoms with van der Waals surface area (Å²) in [5, 5.41) is 12.8. The lowest BCUT2D eigenvalue weighted by Crippen LogP contribution is -2.34. The van der Waals surface area contributed by atoms with E-state index >= 15 is 0 Å². The molecule has 0 atom stereocenters. The molecule has 7 nitrogen and oxygen atoms in total. The number of rotatable bonds is 7. The Labute approximate surface area is 183 Å². The van der Waals surface area contributed by atoms with Gasteiger partial charge in [0.2, 0.25) is 5.91 Å². The Morgan fingerprint density at radius 2 is 2.06 bits per heavy atom. The van der Waals surface area contributed by atoms with Crippen molar-refractivity contribution in [1.82, 2.24) is 20.1 Å². The quantitative estimate of drug-likeness (QED) is 0.610. The molecule has 1 saturated heterocycles. The molecule has 2 N–H and O–H groups in total. The van der Waals surface area contributed by atoms with E-state index in [1.165, 1.54) is 0 Å². The normalized spacial score (nSPS) is 15.0. The number of anilines is 1. The van der Waals surface area contributed by atoms with Crippen LogP contribution in [0.3, 0.4) is 0 Å². The summed E-state index contributed by atoms with van der Waals surface area (Å²) >= 11 is 0. The van der Waals surface area contributed by atoms with Gasteiger partial charge in [0.25, 0.3) is 0 Å². The maximum Gasteiger partial charge on any atom is 0.228 e. The lowest BCUT2D eigenvalue weighted by atomic mass is 9.97. The van der Waals surface area contributed by atoms with Crippen LogP contribution in [-0.4, -0.2) is 46.5 Å². The van der Waals surface area contributed by atoms with Crippen LogP contribution >= 0.6 is 0 Å². The lowest BCUT2D eigenvalue weighted by Gasteiger charge is -2.22. The Hall–Kier alpha value is -2.77. The third-order valence-corrected chi connectivity index (χ3v) is 5.70. The van der Waals surface area contributed by atoms with E-state index in [0.29, 0.717) is 18.8 Å². The number of carbonyl (C=O) groups is 1. The highest BCUT2D eigenvalue weighted by atomic mass is 16.5. The number of fused-ring (bicyclic) bond motifs is 1. The van der Waals surface area contributed by atoms with E-state index in [4.69, 9.17) is 9.72 Å². The second-order valence-corrected chi connectivity index (χ2v) is 8.48. The molecule has 164 valence electrons. The number of hydrogen-bond acceptors (Lipinski definition) is 5. The van der Waals surface area contributed by atoms with Gasteiger partial charge in [-0.25, -0.2) is 4.98 Å². The molecular formula is C24H31N5O2. The number of nitrogens with zero attached hydrogens (tertiary/aromatic N) is 3. The van der Waals surface area contributed by atoms with Crippen molar-refractivity contribution in [3.8, 4) is 11.1 Å². The van der Waals surface area contributed by atoms with E-state index in [0.717, 1.165) is 53.5 Å². The Morgan fingerprint density at radius 3 is 2.77 bits per heavy atom. The van der Waals surface area contributed by atoms with E-state index in [-0.39, 0.29) is 17.9 Å². The number of aromatic nitrogens is 3. The average molecular weight is 422 g/mol. The number of carbonyl (C=O) groups excluding carboxylic acids is 1. The molecule has 0 saturated carbocycles. The standard InChI is InChI=1S/C24H31N5O2/c1-16(2)31-11-8-22-21-5-4-18(20-14-26-29(3)15-20)12-19(21)13-23(27-22)28-24(30)17-6-9-25-10-7-17/h4-5,12-17,25H,6-11H2,1-3H3,(H,27,28,30). The highest BCUT2D eigenvalue weighted by Crippen LogP contribution is 2.28. The number of aryl methyl sites for hydroxylation is 1. The predicted molar refractivity (Wildman–Crippen MR) is 123 cm³/mol. The van der Waals surface area contributed by atoms with Crippen LogP contribution in [0.5, 0.6) is 0 Å². The molecule has 0 radical (unpaired) electrons. The van der Waals surface area contributed by atoms with Crippen molar-refractivity contribution >= 4 is 22.5 Å². The van der Waals surface area contributed by atoms with Gasteiger partial charge >= 0.3 is 0 Å². The zero-order chi connectivity index (χ0) is 21.8. The molecule has 1 aliphatic rings. The zero-order valence-electron chi connectivity index (χ0n) is 18.5. The van der Waals surface area contributed by atoms with Gasteiger partial charge in [0.1, 0.15) is 5.82 Å². The fraction of sp³-hybridized carbons (Fsp3) is 0.458.